The van der Waals surface area contributed by atoms with E-state index >= 15 is 0 Å². The van der Waals surface area contributed by atoms with Crippen molar-refractivity contribution in [1.82, 2.24) is 0 Å². The lowest BCUT2D eigenvalue weighted by Crippen LogP contribution is -2.19. The summed E-state index contributed by atoms with van der Waals surface area (Å²) < 4.78 is 4.17. The van der Waals surface area contributed by atoms with Crippen molar-refractivity contribution in [1.29, 1.82) is 0 Å². The van der Waals surface area contributed by atoms with Crippen molar-refractivity contribution in [2.75, 3.05) is 0 Å². The highest BCUT2D eigenvalue weighted by Gasteiger charge is 2.21. The molecule has 0 amide bonds. The molecule has 4 heteroatoms. The van der Waals surface area contributed by atoms with Crippen LogP contribution in [0.5, 0.6) is 0 Å². The van der Waals surface area contributed by atoms with Crippen LogP contribution in [-0.4, -0.2) is 17.0 Å². The van der Waals surface area contributed by atoms with E-state index in [1.54, 1.807) is 13.8 Å². The van der Waals surface area contributed by atoms with Crippen LogP contribution < -0.4 is 0 Å². The van der Waals surface area contributed by atoms with E-state index in [0.29, 0.717) is 0 Å². The number of carboxylic acids is 1. The van der Waals surface area contributed by atoms with Gasteiger partial charge in [0.15, 0.2) is 0 Å². The van der Waals surface area contributed by atoms with Gasteiger partial charge in [-0.25, -0.2) is 0 Å². The molecule has 0 bridgehead atoms. The molecule has 0 fully saturated rings. The first kappa shape index (κ1) is 14.9. The lowest BCUT2D eigenvalue weighted by atomic mass is 9.95. The summed E-state index contributed by atoms with van der Waals surface area (Å²) in [5.41, 5.74) is -0.778. The maximum absolute atomic E-state index is 10.2. The smallest absolute Gasteiger partial charge is 0.312 e. The monoisotopic (exact) mass is 200 g/mol. The summed E-state index contributed by atoms with van der Waals surface area (Å²) in [6.45, 7) is 11.1. The Balaban J connectivity index is 0. The molecule has 0 radical (unpaired) electrons. The van der Waals surface area contributed by atoms with Crippen LogP contribution >= 0.6 is 0 Å². The number of hydrogen-bond donors (Lipinski definition) is 1. The molecule has 0 aromatic rings. The molecule has 0 heterocycles. The summed E-state index contributed by atoms with van der Waals surface area (Å²) in [4.78, 5) is 19.9. The van der Waals surface area contributed by atoms with E-state index in [1.165, 1.54) is 13.0 Å². The number of carbonyl (C=O) groups excluding carboxylic acids is 1. The van der Waals surface area contributed by atoms with Crippen molar-refractivity contribution in [2.45, 2.75) is 20.8 Å². The molecule has 0 saturated carbocycles. The molecule has 1 N–H and O–H groups in total. The van der Waals surface area contributed by atoms with E-state index in [-0.39, 0.29) is 5.97 Å². The molecule has 4 nitrogen and oxygen atoms in total. The SMILES string of the molecule is C=CC(C)(C)C(=O)O.C=COC(C)=O. The summed E-state index contributed by atoms with van der Waals surface area (Å²) in [6, 6.07) is 0. The molecule has 80 valence electrons. The van der Waals surface area contributed by atoms with E-state index in [0.717, 1.165) is 6.26 Å². The highest BCUT2D eigenvalue weighted by molar-refractivity contribution is 5.75. The van der Waals surface area contributed by atoms with Gasteiger partial charge in [0, 0.05) is 6.92 Å². The third kappa shape index (κ3) is 8.52. The first-order chi connectivity index (χ1) is 6.27. The molecular weight excluding hydrogens is 184 g/mol. The van der Waals surface area contributed by atoms with Gasteiger partial charge < -0.3 is 9.84 Å². The second kappa shape index (κ2) is 6.88. The Bertz CT molecular complexity index is 228. The van der Waals surface area contributed by atoms with E-state index in [2.05, 4.69) is 17.9 Å². The number of esters is 1. The molecule has 0 aliphatic rings. The third-order valence-corrected chi connectivity index (χ3v) is 1.31. The number of aliphatic carboxylic acids is 1. The average molecular weight is 200 g/mol. The first-order valence-electron chi connectivity index (χ1n) is 3.93. The minimum atomic E-state index is -0.840. The summed E-state index contributed by atoms with van der Waals surface area (Å²) >= 11 is 0. The molecule has 0 rings (SSSR count). The Morgan fingerprint density at radius 3 is 1.79 bits per heavy atom. The predicted molar refractivity (Wildman–Crippen MR) is 53.6 cm³/mol. The molecule has 14 heavy (non-hydrogen) atoms. The van der Waals surface area contributed by atoms with E-state index in [1.807, 2.05) is 0 Å². The zero-order valence-electron chi connectivity index (χ0n) is 8.74. The summed E-state index contributed by atoms with van der Waals surface area (Å²) in [6.07, 6.45) is 2.51. The summed E-state index contributed by atoms with van der Waals surface area (Å²) in [5.74, 6) is -1.17. The summed E-state index contributed by atoms with van der Waals surface area (Å²) in [5, 5.41) is 8.37. The van der Waals surface area contributed by atoms with Crippen LogP contribution in [0.1, 0.15) is 20.8 Å². The number of carboxylic acid groups (broad SMARTS) is 1. The van der Waals surface area contributed by atoms with Gasteiger partial charge in [0.1, 0.15) is 0 Å². The maximum atomic E-state index is 10.2. The topological polar surface area (TPSA) is 63.6 Å². The molecule has 0 aliphatic carbocycles. The van der Waals surface area contributed by atoms with Gasteiger partial charge in [-0.1, -0.05) is 12.7 Å². The van der Waals surface area contributed by atoms with Gasteiger partial charge in [0.05, 0.1) is 11.7 Å². The van der Waals surface area contributed by atoms with Gasteiger partial charge >= 0.3 is 11.9 Å². The Labute approximate surface area is 83.9 Å². The van der Waals surface area contributed by atoms with Gasteiger partial charge in [-0.3, -0.25) is 9.59 Å². The van der Waals surface area contributed by atoms with Crippen LogP contribution in [0.25, 0.3) is 0 Å². The average Bonchev–Trinajstić information content (AvgIpc) is 2.05. The number of ether oxygens (including phenoxy) is 1. The Kier molecular flexibility index (Phi) is 7.34. The molecular formula is C10H16O4. The maximum Gasteiger partial charge on any atom is 0.312 e. The first-order valence-corrected chi connectivity index (χ1v) is 3.93. The van der Waals surface area contributed by atoms with Crippen LogP contribution in [-0.2, 0) is 14.3 Å². The van der Waals surface area contributed by atoms with E-state index in [9.17, 15) is 9.59 Å². The molecule has 0 spiro atoms. The number of carbonyl (C=O) groups is 2. The van der Waals surface area contributed by atoms with Crippen LogP contribution in [0.3, 0.4) is 0 Å². The zero-order valence-corrected chi connectivity index (χ0v) is 8.74. The van der Waals surface area contributed by atoms with Gasteiger partial charge in [0.25, 0.3) is 0 Å². The summed E-state index contributed by atoms with van der Waals surface area (Å²) in [7, 11) is 0. The van der Waals surface area contributed by atoms with Gasteiger partial charge in [-0.2, -0.15) is 0 Å². The lowest BCUT2D eigenvalue weighted by Gasteiger charge is -2.10. The molecule has 0 saturated heterocycles. The quantitative estimate of drug-likeness (QED) is 0.430. The fourth-order valence-electron chi connectivity index (χ4n) is 0.205. The van der Waals surface area contributed by atoms with Crippen LogP contribution in [0, 0.1) is 5.41 Å². The van der Waals surface area contributed by atoms with E-state index in [4.69, 9.17) is 5.11 Å². The minimum Gasteiger partial charge on any atom is -0.481 e. The van der Waals surface area contributed by atoms with Crippen LogP contribution in [0.4, 0.5) is 0 Å². The standard InChI is InChI=1S/C6H10O2.C4H6O2/c1-4-6(2,3)5(7)8;1-3-6-4(2)5/h4H,1H2,2-3H3,(H,7,8);3H,1H2,2H3. The third-order valence-electron chi connectivity index (χ3n) is 1.31. The van der Waals surface area contributed by atoms with Crippen molar-refractivity contribution >= 4 is 11.9 Å². The predicted octanol–water partition coefficient (Wildman–Crippen LogP) is 1.98. The van der Waals surface area contributed by atoms with Crippen molar-refractivity contribution < 1.29 is 19.4 Å². The fraction of sp³-hybridized carbons (Fsp3) is 0.400. The second-order valence-electron chi connectivity index (χ2n) is 3.01. The van der Waals surface area contributed by atoms with Crippen molar-refractivity contribution in [3.8, 4) is 0 Å². The van der Waals surface area contributed by atoms with Crippen molar-refractivity contribution in [3.63, 3.8) is 0 Å². The Hall–Kier alpha value is -1.58. The number of rotatable bonds is 3. The van der Waals surface area contributed by atoms with Crippen LogP contribution in [0.15, 0.2) is 25.5 Å². The minimum absolute atomic E-state index is 0.329. The highest BCUT2D eigenvalue weighted by atomic mass is 16.5. The lowest BCUT2D eigenvalue weighted by molar-refractivity contribution is -0.144. The van der Waals surface area contributed by atoms with Crippen LogP contribution in [0.2, 0.25) is 0 Å². The molecule has 0 aromatic carbocycles. The van der Waals surface area contributed by atoms with Crippen molar-refractivity contribution in [3.05, 3.63) is 25.5 Å². The van der Waals surface area contributed by atoms with E-state index < -0.39 is 11.4 Å². The largest absolute Gasteiger partial charge is 0.481 e. The number of hydrogen-bond acceptors (Lipinski definition) is 3. The normalized spacial score (nSPS) is 9.07. The van der Waals surface area contributed by atoms with Gasteiger partial charge in [-0.15, -0.1) is 6.58 Å². The zero-order chi connectivity index (χ0) is 11.8. The Morgan fingerprint density at radius 2 is 1.79 bits per heavy atom. The molecule has 0 atom stereocenters. The molecule has 0 aromatic heterocycles. The highest BCUT2D eigenvalue weighted by Crippen LogP contribution is 2.14. The van der Waals surface area contributed by atoms with Gasteiger partial charge in [0.2, 0.25) is 0 Å². The van der Waals surface area contributed by atoms with Gasteiger partial charge in [-0.05, 0) is 13.8 Å². The van der Waals surface area contributed by atoms with Crippen molar-refractivity contribution in [2.24, 2.45) is 5.41 Å². The molecule has 0 unspecified atom stereocenters. The second-order valence-corrected chi connectivity index (χ2v) is 3.01. The fourth-order valence-corrected chi connectivity index (χ4v) is 0.205. The Morgan fingerprint density at radius 1 is 1.36 bits per heavy atom. The molecule has 0 aliphatic heterocycles.